The van der Waals surface area contributed by atoms with Crippen LogP contribution in [0.1, 0.15) is 0 Å². The highest BCUT2D eigenvalue weighted by molar-refractivity contribution is 7.87. The van der Waals surface area contributed by atoms with Crippen molar-refractivity contribution < 1.29 is 13.6 Å². The summed E-state index contributed by atoms with van der Waals surface area (Å²) in [5.41, 5.74) is 4.90. The zero-order valence-electron chi connectivity index (χ0n) is 4.98. The van der Waals surface area contributed by atoms with E-state index in [0.29, 0.717) is 0 Å². The van der Waals surface area contributed by atoms with E-state index in [2.05, 4.69) is 10.3 Å². The monoisotopic (exact) mass is 168 g/mol. The molecule has 0 unspecified atom stereocenters. The Labute approximate surface area is 57.9 Å². The third kappa shape index (κ3) is 5.28. The number of amidine groups is 1. The van der Waals surface area contributed by atoms with Gasteiger partial charge in [-0.15, -0.1) is 0 Å². The van der Waals surface area contributed by atoms with Crippen LogP contribution in [0.15, 0.2) is 5.16 Å². The average molecular weight is 168 g/mol. The fourth-order valence-electron chi connectivity index (χ4n) is 0.210. The van der Waals surface area contributed by atoms with Gasteiger partial charge in [0, 0.05) is 0 Å². The van der Waals surface area contributed by atoms with Crippen LogP contribution in [0.3, 0.4) is 0 Å². The molecular formula is C2H8N4O3S. The third-order valence-electron chi connectivity index (χ3n) is 0.583. The van der Waals surface area contributed by atoms with Crippen LogP contribution in [-0.4, -0.2) is 26.0 Å². The van der Waals surface area contributed by atoms with Gasteiger partial charge in [0.05, 0.1) is 6.54 Å². The lowest BCUT2D eigenvalue weighted by molar-refractivity contribution is 0.317. The molecule has 0 rings (SSSR count). The number of oxime groups is 1. The predicted molar refractivity (Wildman–Crippen MR) is 34.5 cm³/mol. The van der Waals surface area contributed by atoms with Gasteiger partial charge in [0.25, 0.3) is 10.2 Å². The minimum atomic E-state index is -3.75. The molecule has 0 aliphatic heterocycles. The molecule has 0 aliphatic rings. The van der Waals surface area contributed by atoms with E-state index in [1.807, 2.05) is 0 Å². The third-order valence-corrected chi connectivity index (χ3v) is 1.13. The first-order valence-electron chi connectivity index (χ1n) is 2.19. The molecule has 6 N–H and O–H groups in total. The first-order chi connectivity index (χ1) is 4.45. The lowest BCUT2D eigenvalue weighted by Gasteiger charge is -1.97. The Hall–Kier alpha value is -0.860. The van der Waals surface area contributed by atoms with Crippen LogP contribution in [0.25, 0.3) is 0 Å². The SMILES string of the molecule is NC(CNS(N)(=O)=O)=NO. The highest BCUT2D eigenvalue weighted by Crippen LogP contribution is 1.67. The van der Waals surface area contributed by atoms with Crippen LogP contribution in [0.2, 0.25) is 0 Å². The molecule has 0 atom stereocenters. The molecule has 7 nitrogen and oxygen atoms in total. The quantitative estimate of drug-likeness (QED) is 0.161. The van der Waals surface area contributed by atoms with Crippen LogP contribution in [0.5, 0.6) is 0 Å². The van der Waals surface area contributed by atoms with Gasteiger partial charge in [0.1, 0.15) is 0 Å². The maximum absolute atomic E-state index is 10.1. The molecule has 0 amide bonds. The maximum Gasteiger partial charge on any atom is 0.274 e. The van der Waals surface area contributed by atoms with Gasteiger partial charge in [-0.05, 0) is 0 Å². The number of nitrogens with one attached hydrogen (secondary N) is 1. The smallest absolute Gasteiger partial charge is 0.274 e. The van der Waals surface area contributed by atoms with Crippen molar-refractivity contribution in [1.29, 1.82) is 0 Å². The molecule has 0 spiro atoms. The molecule has 0 aromatic heterocycles. The molecule has 60 valence electrons. The van der Waals surface area contributed by atoms with E-state index in [1.54, 1.807) is 4.72 Å². The van der Waals surface area contributed by atoms with Crippen LogP contribution in [0, 0.1) is 0 Å². The van der Waals surface area contributed by atoms with Gasteiger partial charge >= 0.3 is 0 Å². The van der Waals surface area contributed by atoms with Gasteiger partial charge in [0.2, 0.25) is 0 Å². The van der Waals surface area contributed by atoms with E-state index in [9.17, 15) is 8.42 Å². The topological polar surface area (TPSA) is 131 Å². The molecule has 0 aromatic rings. The largest absolute Gasteiger partial charge is 0.409 e. The van der Waals surface area contributed by atoms with Crippen molar-refractivity contribution in [2.24, 2.45) is 16.0 Å². The second-order valence-corrected chi connectivity index (χ2v) is 2.84. The Morgan fingerprint density at radius 2 is 2.20 bits per heavy atom. The molecular weight excluding hydrogens is 160 g/mol. The summed E-state index contributed by atoms with van der Waals surface area (Å²) < 4.78 is 22.1. The molecule has 0 aliphatic carbocycles. The van der Waals surface area contributed by atoms with E-state index in [0.717, 1.165) is 0 Å². The van der Waals surface area contributed by atoms with Crippen molar-refractivity contribution in [3.05, 3.63) is 0 Å². The Morgan fingerprint density at radius 3 is 2.50 bits per heavy atom. The fraction of sp³-hybridized carbons (Fsp3) is 0.500. The van der Waals surface area contributed by atoms with Crippen LogP contribution >= 0.6 is 0 Å². The first-order valence-corrected chi connectivity index (χ1v) is 3.74. The molecule has 0 radical (unpaired) electrons. The predicted octanol–water partition coefficient (Wildman–Crippen LogP) is -2.47. The molecule has 0 aromatic carbocycles. The lowest BCUT2D eigenvalue weighted by atomic mass is 10.6. The van der Waals surface area contributed by atoms with Gasteiger partial charge in [-0.2, -0.15) is 13.1 Å². The van der Waals surface area contributed by atoms with Gasteiger partial charge in [-0.3, -0.25) is 0 Å². The minimum Gasteiger partial charge on any atom is -0.409 e. The highest BCUT2D eigenvalue weighted by atomic mass is 32.2. The summed E-state index contributed by atoms with van der Waals surface area (Å²) in [7, 11) is -3.75. The van der Waals surface area contributed by atoms with Crippen molar-refractivity contribution in [3.63, 3.8) is 0 Å². The lowest BCUT2D eigenvalue weighted by Crippen LogP contribution is -2.37. The van der Waals surface area contributed by atoms with Crippen molar-refractivity contribution >= 4 is 16.0 Å². The van der Waals surface area contributed by atoms with E-state index in [4.69, 9.17) is 10.9 Å². The second kappa shape index (κ2) is 3.34. The number of hydrogen-bond donors (Lipinski definition) is 4. The maximum atomic E-state index is 10.1. The number of hydrogen-bond acceptors (Lipinski definition) is 4. The van der Waals surface area contributed by atoms with E-state index in [1.165, 1.54) is 0 Å². The first kappa shape index (κ1) is 9.14. The molecule has 0 saturated carbocycles. The molecule has 8 heteroatoms. The Kier molecular flexibility index (Phi) is 3.06. The number of nitrogens with two attached hydrogens (primary N) is 2. The van der Waals surface area contributed by atoms with Crippen molar-refractivity contribution in [3.8, 4) is 0 Å². The highest BCUT2D eigenvalue weighted by Gasteiger charge is 2.00. The van der Waals surface area contributed by atoms with Crippen molar-refractivity contribution in [1.82, 2.24) is 4.72 Å². The molecule has 0 fully saturated rings. The molecule has 0 saturated heterocycles. The summed E-state index contributed by atoms with van der Waals surface area (Å²) in [6, 6.07) is 0. The van der Waals surface area contributed by atoms with Crippen molar-refractivity contribution in [2.45, 2.75) is 0 Å². The fourth-order valence-corrected chi connectivity index (χ4v) is 0.559. The Morgan fingerprint density at radius 1 is 1.70 bits per heavy atom. The molecule has 0 heterocycles. The summed E-state index contributed by atoms with van der Waals surface area (Å²) in [6.45, 7) is -0.296. The number of nitrogens with zero attached hydrogens (tertiary/aromatic N) is 1. The molecule has 0 bridgehead atoms. The van der Waals surface area contributed by atoms with Gasteiger partial charge < -0.3 is 10.9 Å². The second-order valence-electron chi connectivity index (χ2n) is 1.46. The normalized spacial score (nSPS) is 13.5. The minimum absolute atomic E-state index is 0.256. The van der Waals surface area contributed by atoms with E-state index < -0.39 is 10.2 Å². The van der Waals surface area contributed by atoms with E-state index in [-0.39, 0.29) is 12.4 Å². The van der Waals surface area contributed by atoms with Gasteiger partial charge in [-0.1, -0.05) is 5.16 Å². The molecule has 10 heavy (non-hydrogen) atoms. The van der Waals surface area contributed by atoms with Gasteiger partial charge in [0.15, 0.2) is 5.84 Å². The summed E-state index contributed by atoms with van der Waals surface area (Å²) in [5.74, 6) is -0.256. The van der Waals surface area contributed by atoms with E-state index >= 15 is 0 Å². The average Bonchev–Trinajstić information content (AvgIpc) is 1.81. The summed E-state index contributed by atoms with van der Waals surface area (Å²) >= 11 is 0. The zero-order valence-corrected chi connectivity index (χ0v) is 5.80. The van der Waals surface area contributed by atoms with Crippen LogP contribution in [0.4, 0.5) is 0 Å². The van der Waals surface area contributed by atoms with Crippen molar-refractivity contribution in [2.75, 3.05) is 6.54 Å². The Bertz CT molecular complexity index is 219. The number of rotatable bonds is 3. The summed E-state index contributed by atoms with van der Waals surface area (Å²) in [4.78, 5) is 0. The van der Waals surface area contributed by atoms with Gasteiger partial charge in [-0.25, -0.2) is 5.14 Å². The summed E-state index contributed by atoms with van der Waals surface area (Å²) in [6.07, 6.45) is 0. The zero-order chi connectivity index (χ0) is 8.20. The van der Waals surface area contributed by atoms with Crippen LogP contribution in [-0.2, 0) is 10.2 Å². The standard InChI is InChI=1S/C2H8N4O3S/c3-2(6-7)1-5-10(4,8)9/h5,7H,1H2,(H2,3,6)(H2,4,8,9). The summed E-state index contributed by atoms with van der Waals surface area (Å²) in [5, 5.41) is 14.9. The van der Waals surface area contributed by atoms with Crippen LogP contribution < -0.4 is 15.6 Å². The Balaban J connectivity index is 3.79.